The molecule has 1 unspecified atom stereocenters. The first-order chi connectivity index (χ1) is 18.3. The van der Waals surface area contributed by atoms with Crippen molar-refractivity contribution in [2.45, 2.75) is 168 Å². The largest absolute Gasteiger partial charge is 0.507 e. The van der Waals surface area contributed by atoms with Crippen LogP contribution in [0.15, 0.2) is 12.1 Å². The van der Waals surface area contributed by atoms with Crippen molar-refractivity contribution in [2.24, 2.45) is 11.7 Å². The molecule has 4 nitrogen and oxygen atoms in total. The number of carbonyl (C=O) groups excluding carboxylic acids is 2. The van der Waals surface area contributed by atoms with Crippen LogP contribution in [0.3, 0.4) is 0 Å². The van der Waals surface area contributed by atoms with Gasteiger partial charge in [0.2, 0.25) is 5.91 Å². The molecule has 224 valence electrons. The molecule has 0 aliphatic heterocycles. The number of primary amides is 1. The number of carbonyl (C=O) groups is 2. The van der Waals surface area contributed by atoms with Gasteiger partial charge in [0.25, 0.3) is 0 Å². The van der Waals surface area contributed by atoms with Gasteiger partial charge in [-0.05, 0) is 40.4 Å². The molecule has 1 atom stereocenters. The quantitative estimate of drug-likeness (QED) is 0.127. The lowest BCUT2D eigenvalue weighted by atomic mass is 9.77. The Bertz CT molecular complexity index is 825. The number of hydrogen-bond donors (Lipinski definition) is 2. The van der Waals surface area contributed by atoms with E-state index in [0.717, 1.165) is 36.0 Å². The highest BCUT2D eigenvalue weighted by Gasteiger charge is 2.29. The van der Waals surface area contributed by atoms with Gasteiger partial charge in [0.15, 0.2) is 0 Å². The van der Waals surface area contributed by atoms with Gasteiger partial charge in [0, 0.05) is 6.42 Å². The Hall–Kier alpha value is -1.84. The van der Waals surface area contributed by atoms with Crippen LogP contribution < -0.4 is 5.73 Å². The minimum atomic E-state index is -0.818. The van der Waals surface area contributed by atoms with Gasteiger partial charge in [-0.25, -0.2) is 0 Å². The normalized spacial score (nSPS) is 13.0. The Morgan fingerprint density at radius 3 is 1.38 bits per heavy atom. The highest BCUT2D eigenvalue weighted by Crippen LogP contribution is 2.40. The molecular formula is C35H61NO3. The minimum Gasteiger partial charge on any atom is -0.507 e. The van der Waals surface area contributed by atoms with Crippen molar-refractivity contribution in [3.8, 4) is 5.75 Å². The summed E-state index contributed by atoms with van der Waals surface area (Å²) in [6.07, 6.45) is 19.9. The number of Topliss-reactive ketones (excluding diaryl/α,β-unsaturated/α-hetero) is 1. The number of aromatic hydroxyl groups is 1. The number of amides is 1. The first-order valence-electron chi connectivity index (χ1n) is 16.0. The number of hydrogen-bond acceptors (Lipinski definition) is 3. The van der Waals surface area contributed by atoms with Crippen molar-refractivity contribution in [2.75, 3.05) is 0 Å². The van der Waals surface area contributed by atoms with Crippen molar-refractivity contribution >= 4 is 11.7 Å². The molecule has 1 aromatic rings. The van der Waals surface area contributed by atoms with E-state index in [0.29, 0.717) is 18.6 Å². The zero-order valence-electron chi connectivity index (χ0n) is 26.6. The third-order valence-electron chi connectivity index (χ3n) is 7.98. The van der Waals surface area contributed by atoms with Crippen LogP contribution in [0.25, 0.3) is 0 Å². The van der Waals surface area contributed by atoms with E-state index in [1.54, 1.807) is 0 Å². The van der Waals surface area contributed by atoms with Crippen LogP contribution >= 0.6 is 0 Å². The summed E-state index contributed by atoms with van der Waals surface area (Å²) in [7, 11) is 0. The van der Waals surface area contributed by atoms with Crippen molar-refractivity contribution < 1.29 is 14.7 Å². The van der Waals surface area contributed by atoms with E-state index in [1.165, 1.54) is 77.0 Å². The summed E-state index contributed by atoms with van der Waals surface area (Å²) in [4.78, 5) is 25.3. The minimum absolute atomic E-state index is 0.0557. The Kier molecular flexibility index (Phi) is 16.0. The highest BCUT2D eigenvalue weighted by atomic mass is 16.3. The fraction of sp³-hybridized carbons (Fsp3) is 0.771. The fourth-order valence-electron chi connectivity index (χ4n) is 5.41. The molecule has 0 spiro atoms. The lowest BCUT2D eigenvalue weighted by Gasteiger charge is -2.28. The zero-order chi connectivity index (χ0) is 29.5. The number of ketones is 1. The van der Waals surface area contributed by atoms with E-state index in [2.05, 4.69) is 48.5 Å². The Labute approximate surface area is 240 Å². The molecule has 0 fully saturated rings. The fourth-order valence-corrected chi connectivity index (χ4v) is 5.41. The second-order valence-corrected chi connectivity index (χ2v) is 13.9. The number of benzene rings is 1. The number of rotatable bonds is 20. The maximum Gasteiger partial charge on any atom is 0.228 e. The standard InChI is InChI=1S/C35H61NO3/c1-8-9-10-11-12-13-14-15-16-17-18-19-20-21-22-23-31(37)28(33(36)39)24-27-25-29(34(2,3)4)32(38)30(26-27)35(5,6)7/h25-26,28,38H,8-24H2,1-7H3,(H2,36,39). The van der Waals surface area contributed by atoms with Crippen LogP contribution in [0.1, 0.15) is 168 Å². The Morgan fingerprint density at radius 2 is 1.05 bits per heavy atom. The topological polar surface area (TPSA) is 80.4 Å². The molecule has 0 saturated carbocycles. The first-order valence-corrected chi connectivity index (χ1v) is 16.0. The summed E-state index contributed by atoms with van der Waals surface area (Å²) >= 11 is 0. The number of nitrogens with two attached hydrogens (primary N) is 1. The maximum atomic E-state index is 13.0. The van der Waals surface area contributed by atoms with Crippen LogP contribution in [0, 0.1) is 5.92 Å². The van der Waals surface area contributed by atoms with E-state index in [4.69, 9.17) is 5.73 Å². The second-order valence-electron chi connectivity index (χ2n) is 13.9. The van der Waals surface area contributed by atoms with Crippen molar-refractivity contribution in [1.29, 1.82) is 0 Å². The molecule has 0 aliphatic rings. The van der Waals surface area contributed by atoms with Gasteiger partial charge < -0.3 is 10.8 Å². The SMILES string of the molecule is CCCCCCCCCCCCCCCCCC(=O)C(Cc1cc(C(C)(C)C)c(O)c(C(C)(C)C)c1)C(N)=O. The van der Waals surface area contributed by atoms with Gasteiger partial charge in [0.05, 0.1) is 0 Å². The van der Waals surface area contributed by atoms with Gasteiger partial charge in [-0.2, -0.15) is 0 Å². The molecule has 1 amide bonds. The van der Waals surface area contributed by atoms with Crippen LogP contribution in [0.5, 0.6) is 5.75 Å². The van der Waals surface area contributed by atoms with Crippen LogP contribution in [0.2, 0.25) is 0 Å². The zero-order valence-corrected chi connectivity index (χ0v) is 26.6. The highest BCUT2D eigenvalue weighted by molar-refractivity contribution is 6.00. The molecule has 39 heavy (non-hydrogen) atoms. The van der Waals surface area contributed by atoms with Gasteiger partial charge in [-0.3, -0.25) is 9.59 Å². The van der Waals surface area contributed by atoms with Gasteiger partial charge in [-0.15, -0.1) is 0 Å². The number of phenolic OH excluding ortho intramolecular Hbond substituents is 1. The van der Waals surface area contributed by atoms with E-state index in [1.807, 2.05) is 12.1 Å². The summed E-state index contributed by atoms with van der Waals surface area (Å²) in [6, 6.07) is 3.89. The van der Waals surface area contributed by atoms with Gasteiger partial charge in [0.1, 0.15) is 17.5 Å². The molecule has 0 radical (unpaired) electrons. The molecule has 4 heteroatoms. The molecule has 3 N–H and O–H groups in total. The van der Waals surface area contributed by atoms with E-state index >= 15 is 0 Å². The van der Waals surface area contributed by atoms with E-state index < -0.39 is 11.8 Å². The molecular weight excluding hydrogens is 482 g/mol. The Balaban J connectivity index is 2.45. The summed E-state index contributed by atoms with van der Waals surface area (Å²) in [6.45, 7) is 14.6. The van der Waals surface area contributed by atoms with Crippen LogP contribution in [-0.4, -0.2) is 16.8 Å². The summed E-state index contributed by atoms with van der Waals surface area (Å²) in [5, 5.41) is 11.0. The molecule has 1 rings (SSSR count). The first kappa shape index (κ1) is 35.2. The average Bonchev–Trinajstić information content (AvgIpc) is 2.83. The Morgan fingerprint density at radius 1 is 0.692 bits per heavy atom. The maximum absolute atomic E-state index is 13.0. The average molecular weight is 544 g/mol. The molecule has 0 heterocycles. The molecule has 0 saturated heterocycles. The summed E-state index contributed by atoms with van der Waals surface area (Å²) in [5.41, 5.74) is 7.74. The smallest absolute Gasteiger partial charge is 0.228 e. The predicted molar refractivity (Wildman–Crippen MR) is 166 cm³/mol. The molecule has 0 bridgehead atoms. The lowest BCUT2D eigenvalue weighted by Crippen LogP contribution is -2.32. The van der Waals surface area contributed by atoms with Crippen LogP contribution in [0.4, 0.5) is 0 Å². The monoisotopic (exact) mass is 543 g/mol. The lowest BCUT2D eigenvalue weighted by molar-refractivity contribution is -0.132. The van der Waals surface area contributed by atoms with Gasteiger partial charge in [-0.1, -0.05) is 150 Å². The van der Waals surface area contributed by atoms with Gasteiger partial charge >= 0.3 is 0 Å². The molecule has 0 aliphatic carbocycles. The third kappa shape index (κ3) is 13.9. The van der Waals surface area contributed by atoms with Crippen molar-refractivity contribution in [1.82, 2.24) is 0 Å². The van der Waals surface area contributed by atoms with Crippen LogP contribution in [-0.2, 0) is 26.8 Å². The van der Waals surface area contributed by atoms with E-state index in [9.17, 15) is 14.7 Å². The molecule has 1 aromatic carbocycles. The molecule has 0 aromatic heterocycles. The second kappa shape index (κ2) is 17.8. The summed E-state index contributed by atoms with van der Waals surface area (Å²) in [5.74, 6) is -1.12. The number of unbranched alkanes of at least 4 members (excludes halogenated alkanes) is 14. The third-order valence-corrected chi connectivity index (χ3v) is 7.98. The summed E-state index contributed by atoms with van der Waals surface area (Å²) < 4.78 is 0. The predicted octanol–water partition coefficient (Wildman–Crippen LogP) is 9.46. The van der Waals surface area contributed by atoms with Crippen molar-refractivity contribution in [3.63, 3.8) is 0 Å². The van der Waals surface area contributed by atoms with Crippen molar-refractivity contribution in [3.05, 3.63) is 28.8 Å². The van der Waals surface area contributed by atoms with E-state index in [-0.39, 0.29) is 16.6 Å². The number of phenols is 1.